The first-order valence-corrected chi connectivity index (χ1v) is 6.22. The molecule has 1 heterocycles. The summed E-state index contributed by atoms with van der Waals surface area (Å²) in [6.45, 7) is 6.04. The highest BCUT2D eigenvalue weighted by Gasteiger charge is 2.14. The van der Waals surface area contributed by atoms with Crippen LogP contribution in [0.1, 0.15) is 37.0 Å². The van der Waals surface area contributed by atoms with Crippen LogP contribution in [0, 0.1) is 0 Å². The van der Waals surface area contributed by atoms with Gasteiger partial charge in [-0.2, -0.15) is 0 Å². The molecule has 0 aliphatic heterocycles. The molecule has 0 atom stereocenters. The van der Waals surface area contributed by atoms with Crippen LogP contribution in [-0.2, 0) is 4.74 Å². The molecule has 5 heteroatoms. The summed E-state index contributed by atoms with van der Waals surface area (Å²) in [6.07, 6.45) is 3.57. The van der Waals surface area contributed by atoms with Gasteiger partial charge in [-0.1, -0.05) is 13.8 Å². The van der Waals surface area contributed by atoms with E-state index in [0.717, 1.165) is 31.7 Å². The van der Waals surface area contributed by atoms with Gasteiger partial charge in [0.1, 0.15) is 5.82 Å². The van der Waals surface area contributed by atoms with E-state index in [9.17, 15) is 4.79 Å². The van der Waals surface area contributed by atoms with E-state index in [1.54, 1.807) is 6.07 Å². The molecule has 2 N–H and O–H groups in total. The van der Waals surface area contributed by atoms with E-state index in [0.29, 0.717) is 11.3 Å². The maximum Gasteiger partial charge on any atom is 0.340 e. The molecule has 100 valence electrons. The highest BCUT2D eigenvalue weighted by atomic mass is 16.5. The van der Waals surface area contributed by atoms with Crippen molar-refractivity contribution >= 4 is 17.5 Å². The van der Waals surface area contributed by atoms with E-state index in [2.05, 4.69) is 23.7 Å². The van der Waals surface area contributed by atoms with Crippen LogP contribution >= 0.6 is 0 Å². The molecule has 0 unspecified atom stereocenters. The number of aromatic nitrogens is 1. The molecule has 1 rings (SSSR count). The summed E-state index contributed by atoms with van der Waals surface area (Å²) < 4.78 is 4.71. The normalized spacial score (nSPS) is 10.2. The van der Waals surface area contributed by atoms with E-state index in [-0.39, 0.29) is 0 Å². The third-order valence-corrected chi connectivity index (χ3v) is 2.64. The van der Waals surface area contributed by atoms with Crippen molar-refractivity contribution in [3.63, 3.8) is 0 Å². The minimum atomic E-state index is -0.427. The molecule has 1 aromatic heterocycles. The second kappa shape index (κ2) is 6.83. The van der Waals surface area contributed by atoms with Gasteiger partial charge in [0.2, 0.25) is 0 Å². The zero-order valence-corrected chi connectivity index (χ0v) is 11.3. The van der Waals surface area contributed by atoms with Crippen LogP contribution < -0.4 is 10.6 Å². The molecule has 0 aliphatic carbocycles. The lowest BCUT2D eigenvalue weighted by molar-refractivity contribution is 0.0602. The number of hydrogen-bond donors (Lipinski definition) is 1. The molecular formula is C13H21N3O2. The van der Waals surface area contributed by atoms with Gasteiger partial charge in [0.25, 0.3) is 0 Å². The molecule has 0 fully saturated rings. The molecule has 0 amide bonds. The number of carbonyl (C=O) groups is 1. The van der Waals surface area contributed by atoms with Gasteiger partial charge in [-0.3, -0.25) is 0 Å². The minimum absolute atomic E-state index is 0.346. The first-order valence-electron chi connectivity index (χ1n) is 6.22. The van der Waals surface area contributed by atoms with Gasteiger partial charge in [-0.25, -0.2) is 9.78 Å². The molecule has 0 aromatic carbocycles. The molecular weight excluding hydrogens is 230 g/mol. The van der Waals surface area contributed by atoms with Gasteiger partial charge in [0.05, 0.1) is 24.6 Å². The first kappa shape index (κ1) is 14.3. The Bertz CT molecular complexity index is 401. The zero-order chi connectivity index (χ0) is 13.5. The van der Waals surface area contributed by atoms with Gasteiger partial charge in [0, 0.05) is 13.1 Å². The van der Waals surface area contributed by atoms with E-state index >= 15 is 0 Å². The van der Waals surface area contributed by atoms with Gasteiger partial charge in [-0.15, -0.1) is 0 Å². The Labute approximate surface area is 108 Å². The molecule has 0 spiro atoms. The van der Waals surface area contributed by atoms with Crippen molar-refractivity contribution in [1.82, 2.24) is 4.98 Å². The first-order chi connectivity index (χ1) is 8.63. The Morgan fingerprint density at radius 3 is 2.50 bits per heavy atom. The van der Waals surface area contributed by atoms with Crippen molar-refractivity contribution in [2.75, 3.05) is 30.8 Å². The molecule has 18 heavy (non-hydrogen) atoms. The number of hydrogen-bond acceptors (Lipinski definition) is 5. The van der Waals surface area contributed by atoms with Gasteiger partial charge in [0.15, 0.2) is 0 Å². The van der Waals surface area contributed by atoms with Crippen LogP contribution in [0.15, 0.2) is 12.3 Å². The predicted molar refractivity (Wildman–Crippen MR) is 72.8 cm³/mol. The number of esters is 1. The van der Waals surface area contributed by atoms with Gasteiger partial charge < -0.3 is 15.4 Å². The molecule has 5 nitrogen and oxygen atoms in total. The van der Waals surface area contributed by atoms with Crippen LogP contribution in [0.25, 0.3) is 0 Å². The molecule has 0 radical (unpaired) electrons. The van der Waals surface area contributed by atoms with Gasteiger partial charge >= 0.3 is 5.97 Å². The van der Waals surface area contributed by atoms with Crippen molar-refractivity contribution < 1.29 is 9.53 Å². The van der Waals surface area contributed by atoms with Crippen molar-refractivity contribution in [2.24, 2.45) is 0 Å². The van der Waals surface area contributed by atoms with Crippen molar-refractivity contribution in [3.05, 3.63) is 17.8 Å². The number of carbonyl (C=O) groups excluding carboxylic acids is 1. The monoisotopic (exact) mass is 251 g/mol. The standard InChI is InChI=1S/C13H21N3O2/c1-4-6-16(7-5-2)12-8-10(13(17)18-3)11(14)9-15-12/h8-9H,4-7,14H2,1-3H3. The molecule has 0 aliphatic rings. The third kappa shape index (κ3) is 3.35. The zero-order valence-electron chi connectivity index (χ0n) is 11.3. The Kier molecular flexibility index (Phi) is 5.42. The number of nitrogens with zero attached hydrogens (tertiary/aromatic N) is 2. The average Bonchev–Trinajstić information content (AvgIpc) is 2.38. The largest absolute Gasteiger partial charge is 0.465 e. The average molecular weight is 251 g/mol. The number of pyridine rings is 1. The van der Waals surface area contributed by atoms with E-state index in [1.165, 1.54) is 13.3 Å². The summed E-state index contributed by atoms with van der Waals surface area (Å²) in [4.78, 5) is 18.0. The van der Waals surface area contributed by atoms with Crippen LogP contribution in [0.2, 0.25) is 0 Å². The highest BCUT2D eigenvalue weighted by molar-refractivity contribution is 5.95. The highest BCUT2D eigenvalue weighted by Crippen LogP contribution is 2.19. The Morgan fingerprint density at radius 1 is 1.39 bits per heavy atom. The van der Waals surface area contributed by atoms with Crippen molar-refractivity contribution in [3.8, 4) is 0 Å². The number of ether oxygens (including phenoxy) is 1. The summed E-state index contributed by atoms with van der Waals surface area (Å²) in [5.74, 6) is 0.345. The number of methoxy groups -OCH3 is 1. The van der Waals surface area contributed by atoms with E-state index in [1.807, 2.05) is 0 Å². The summed E-state index contributed by atoms with van der Waals surface area (Å²) in [6, 6.07) is 1.70. The van der Waals surface area contributed by atoms with Crippen molar-refractivity contribution in [2.45, 2.75) is 26.7 Å². The number of nitrogen functional groups attached to an aromatic ring is 1. The lowest BCUT2D eigenvalue weighted by atomic mass is 10.2. The molecule has 0 saturated carbocycles. The summed E-state index contributed by atoms with van der Waals surface area (Å²) in [5, 5.41) is 0. The maximum absolute atomic E-state index is 11.6. The van der Waals surface area contributed by atoms with Gasteiger partial charge in [-0.05, 0) is 18.9 Å². The van der Waals surface area contributed by atoms with Crippen LogP contribution in [0.4, 0.5) is 11.5 Å². The fourth-order valence-corrected chi connectivity index (χ4v) is 1.80. The Hall–Kier alpha value is -1.78. The number of anilines is 2. The van der Waals surface area contributed by atoms with E-state index < -0.39 is 5.97 Å². The SMILES string of the molecule is CCCN(CCC)c1cc(C(=O)OC)c(N)cn1. The minimum Gasteiger partial charge on any atom is -0.465 e. The topological polar surface area (TPSA) is 68.5 Å². The number of nitrogens with two attached hydrogens (primary N) is 1. The molecule has 0 saturated heterocycles. The molecule has 0 bridgehead atoms. The van der Waals surface area contributed by atoms with Crippen LogP contribution in [0.3, 0.4) is 0 Å². The molecule has 1 aromatic rings. The second-order valence-corrected chi connectivity index (χ2v) is 4.11. The fraction of sp³-hybridized carbons (Fsp3) is 0.538. The second-order valence-electron chi connectivity index (χ2n) is 4.11. The van der Waals surface area contributed by atoms with Crippen LogP contribution in [0.5, 0.6) is 0 Å². The number of rotatable bonds is 6. The Morgan fingerprint density at radius 2 is 2.00 bits per heavy atom. The fourth-order valence-electron chi connectivity index (χ4n) is 1.80. The predicted octanol–water partition coefficient (Wildman–Crippen LogP) is 2.08. The summed E-state index contributed by atoms with van der Waals surface area (Å²) >= 11 is 0. The Balaban J connectivity index is 3.04. The lowest BCUT2D eigenvalue weighted by Gasteiger charge is -2.23. The quantitative estimate of drug-likeness (QED) is 0.784. The van der Waals surface area contributed by atoms with Crippen LogP contribution in [-0.4, -0.2) is 31.2 Å². The van der Waals surface area contributed by atoms with Crippen molar-refractivity contribution in [1.29, 1.82) is 0 Å². The third-order valence-electron chi connectivity index (χ3n) is 2.64. The smallest absolute Gasteiger partial charge is 0.340 e. The lowest BCUT2D eigenvalue weighted by Crippen LogP contribution is -2.26. The summed E-state index contributed by atoms with van der Waals surface area (Å²) in [7, 11) is 1.34. The van der Waals surface area contributed by atoms with E-state index in [4.69, 9.17) is 10.5 Å². The summed E-state index contributed by atoms with van der Waals surface area (Å²) in [5.41, 5.74) is 6.45. The maximum atomic E-state index is 11.6.